The largest absolute Gasteiger partial charge is 0.493 e. The number of pyridine rings is 1. The van der Waals surface area contributed by atoms with E-state index in [0.717, 1.165) is 28.3 Å². The van der Waals surface area contributed by atoms with E-state index in [1.54, 1.807) is 23.6 Å². The highest BCUT2D eigenvalue weighted by atomic mass is 35.5. The third kappa shape index (κ3) is 3.86. The molecule has 3 unspecified atom stereocenters. The summed E-state index contributed by atoms with van der Waals surface area (Å²) < 4.78 is 0.785. The fourth-order valence-corrected chi connectivity index (χ4v) is 4.90. The molecule has 2 aromatic heterocycles. The normalized spacial score (nSPS) is 24.7. The first kappa shape index (κ1) is 16.7. The van der Waals surface area contributed by atoms with Crippen LogP contribution in [0.2, 0.25) is 4.34 Å². The maximum absolute atomic E-state index is 9.63. The highest BCUT2D eigenvalue weighted by molar-refractivity contribution is 7.16. The lowest BCUT2D eigenvalue weighted by Crippen LogP contribution is -2.38. The first-order valence-electron chi connectivity index (χ1n) is 7.86. The van der Waals surface area contributed by atoms with Crippen molar-refractivity contribution >= 4 is 22.9 Å². The van der Waals surface area contributed by atoms with Gasteiger partial charge < -0.3 is 15.5 Å². The Morgan fingerprint density at radius 1 is 1.39 bits per heavy atom. The molecule has 124 valence electrons. The highest BCUT2D eigenvalue weighted by Gasteiger charge is 2.30. The number of hydrogen-bond donors (Lipinski definition) is 3. The SMILES string of the molecule is CC1CC(c2sc(Cl)cc2CCO)CC(c2ccnc(O)c2)N1. The summed E-state index contributed by atoms with van der Waals surface area (Å²) in [6.45, 7) is 2.32. The summed E-state index contributed by atoms with van der Waals surface area (Å²) in [4.78, 5) is 5.15. The van der Waals surface area contributed by atoms with Gasteiger partial charge in [-0.25, -0.2) is 4.98 Å². The van der Waals surface area contributed by atoms with Crippen LogP contribution in [0.25, 0.3) is 0 Å². The van der Waals surface area contributed by atoms with Crippen LogP contribution in [0, 0.1) is 0 Å². The van der Waals surface area contributed by atoms with E-state index in [0.29, 0.717) is 18.4 Å². The third-order valence-electron chi connectivity index (χ3n) is 4.38. The number of nitrogens with zero attached hydrogens (tertiary/aromatic N) is 1. The zero-order valence-electron chi connectivity index (χ0n) is 13.0. The maximum Gasteiger partial charge on any atom is 0.210 e. The number of aromatic hydroxyl groups is 1. The van der Waals surface area contributed by atoms with E-state index in [9.17, 15) is 10.2 Å². The van der Waals surface area contributed by atoms with Crippen molar-refractivity contribution in [3.05, 3.63) is 44.7 Å². The van der Waals surface area contributed by atoms with Crippen molar-refractivity contribution in [2.45, 2.75) is 44.2 Å². The van der Waals surface area contributed by atoms with E-state index in [4.69, 9.17) is 11.6 Å². The van der Waals surface area contributed by atoms with Crippen LogP contribution in [0.15, 0.2) is 24.4 Å². The number of aliphatic hydroxyl groups excluding tert-OH is 1. The lowest BCUT2D eigenvalue weighted by Gasteiger charge is -2.35. The number of hydrogen-bond acceptors (Lipinski definition) is 5. The van der Waals surface area contributed by atoms with Crippen molar-refractivity contribution in [2.24, 2.45) is 0 Å². The summed E-state index contributed by atoms with van der Waals surface area (Å²) in [6.07, 6.45) is 4.28. The van der Waals surface area contributed by atoms with Crippen LogP contribution in [-0.4, -0.2) is 27.8 Å². The molecule has 1 saturated heterocycles. The van der Waals surface area contributed by atoms with Crippen molar-refractivity contribution in [2.75, 3.05) is 6.61 Å². The Labute approximate surface area is 145 Å². The van der Waals surface area contributed by atoms with Gasteiger partial charge in [-0.15, -0.1) is 11.3 Å². The molecule has 4 nitrogen and oxygen atoms in total. The molecule has 3 atom stereocenters. The smallest absolute Gasteiger partial charge is 0.210 e. The molecule has 3 rings (SSSR count). The van der Waals surface area contributed by atoms with Crippen LogP contribution in [0.1, 0.15) is 47.7 Å². The third-order valence-corrected chi connectivity index (χ3v) is 5.85. The van der Waals surface area contributed by atoms with Crippen LogP contribution in [0.5, 0.6) is 5.88 Å². The van der Waals surface area contributed by atoms with Gasteiger partial charge in [0.25, 0.3) is 0 Å². The van der Waals surface area contributed by atoms with Crippen LogP contribution < -0.4 is 5.32 Å². The Morgan fingerprint density at radius 2 is 2.22 bits per heavy atom. The molecule has 0 amide bonds. The number of aromatic nitrogens is 1. The topological polar surface area (TPSA) is 65.4 Å². The van der Waals surface area contributed by atoms with Gasteiger partial charge in [0, 0.05) is 35.8 Å². The van der Waals surface area contributed by atoms with Crippen LogP contribution in [0.3, 0.4) is 0 Å². The van der Waals surface area contributed by atoms with E-state index in [1.165, 1.54) is 4.88 Å². The number of rotatable bonds is 4. The number of nitrogens with one attached hydrogen (secondary N) is 1. The highest BCUT2D eigenvalue weighted by Crippen LogP contribution is 2.42. The number of thiophene rings is 1. The van der Waals surface area contributed by atoms with Crippen molar-refractivity contribution in [1.29, 1.82) is 0 Å². The second-order valence-corrected chi connectivity index (χ2v) is 7.86. The zero-order chi connectivity index (χ0) is 16.4. The first-order valence-corrected chi connectivity index (χ1v) is 9.06. The summed E-state index contributed by atoms with van der Waals surface area (Å²) in [6, 6.07) is 6.21. The van der Waals surface area contributed by atoms with Gasteiger partial charge in [-0.3, -0.25) is 0 Å². The molecule has 0 bridgehead atoms. The van der Waals surface area contributed by atoms with E-state index in [2.05, 4.69) is 17.2 Å². The van der Waals surface area contributed by atoms with Crippen LogP contribution >= 0.6 is 22.9 Å². The minimum atomic E-state index is 0.0548. The molecule has 0 aromatic carbocycles. The molecule has 23 heavy (non-hydrogen) atoms. The van der Waals surface area contributed by atoms with Gasteiger partial charge >= 0.3 is 0 Å². The fraction of sp³-hybridized carbons (Fsp3) is 0.471. The van der Waals surface area contributed by atoms with Crippen molar-refractivity contribution < 1.29 is 10.2 Å². The zero-order valence-corrected chi connectivity index (χ0v) is 14.6. The Morgan fingerprint density at radius 3 is 2.96 bits per heavy atom. The second kappa shape index (κ2) is 7.18. The van der Waals surface area contributed by atoms with Crippen LogP contribution in [0.4, 0.5) is 0 Å². The molecule has 0 saturated carbocycles. The Bertz CT molecular complexity index is 676. The maximum atomic E-state index is 9.63. The Balaban J connectivity index is 1.86. The van der Waals surface area contributed by atoms with Gasteiger partial charge in [-0.2, -0.15) is 0 Å². The van der Waals surface area contributed by atoms with Crippen molar-refractivity contribution in [3.8, 4) is 5.88 Å². The van der Waals surface area contributed by atoms with E-state index >= 15 is 0 Å². The Kier molecular flexibility index (Phi) is 5.21. The average molecular weight is 353 g/mol. The molecule has 1 aliphatic heterocycles. The van der Waals surface area contributed by atoms with Gasteiger partial charge in [0.2, 0.25) is 5.88 Å². The van der Waals surface area contributed by atoms with E-state index in [-0.39, 0.29) is 18.5 Å². The molecular weight excluding hydrogens is 332 g/mol. The van der Waals surface area contributed by atoms with Crippen molar-refractivity contribution in [1.82, 2.24) is 10.3 Å². The summed E-state index contributed by atoms with van der Waals surface area (Å²) in [5.41, 5.74) is 2.22. The summed E-state index contributed by atoms with van der Waals surface area (Å²) in [5.74, 6) is 0.463. The summed E-state index contributed by atoms with van der Waals surface area (Å²) >= 11 is 7.84. The predicted octanol–water partition coefficient (Wildman–Crippen LogP) is 3.63. The first-order chi connectivity index (χ1) is 11.1. The minimum absolute atomic E-state index is 0.0548. The average Bonchev–Trinajstić information content (AvgIpc) is 2.88. The quantitative estimate of drug-likeness (QED) is 0.786. The molecule has 3 N–H and O–H groups in total. The monoisotopic (exact) mass is 352 g/mol. The van der Waals surface area contributed by atoms with E-state index < -0.39 is 0 Å². The number of piperidine rings is 1. The molecule has 2 aromatic rings. The van der Waals surface area contributed by atoms with Gasteiger partial charge in [0.05, 0.1) is 4.34 Å². The van der Waals surface area contributed by atoms with Gasteiger partial charge in [0.15, 0.2) is 0 Å². The molecule has 1 fully saturated rings. The standard InChI is InChI=1S/C17H21ClN2O2S/c1-10-6-13(17-12(3-5-21)8-15(18)23-17)7-14(20-10)11-2-4-19-16(22)9-11/h2,4,8-10,13-14,20-21H,3,5-7H2,1H3,(H,19,22). The van der Waals surface area contributed by atoms with E-state index in [1.807, 2.05) is 12.1 Å². The lowest BCUT2D eigenvalue weighted by atomic mass is 9.83. The summed E-state index contributed by atoms with van der Waals surface area (Å²) in [7, 11) is 0. The lowest BCUT2D eigenvalue weighted by molar-refractivity contribution is 0.294. The molecule has 0 radical (unpaired) electrons. The minimum Gasteiger partial charge on any atom is -0.493 e. The second-order valence-electron chi connectivity index (χ2n) is 6.15. The predicted molar refractivity (Wildman–Crippen MR) is 93.3 cm³/mol. The summed E-state index contributed by atoms with van der Waals surface area (Å²) in [5, 5.41) is 22.5. The van der Waals surface area contributed by atoms with Gasteiger partial charge in [-0.1, -0.05) is 11.6 Å². The van der Waals surface area contributed by atoms with Gasteiger partial charge in [0.1, 0.15) is 0 Å². The van der Waals surface area contributed by atoms with Crippen LogP contribution in [-0.2, 0) is 6.42 Å². The molecule has 0 aliphatic carbocycles. The molecule has 6 heteroatoms. The molecule has 0 spiro atoms. The molecular formula is C17H21ClN2O2S. The number of aliphatic hydroxyl groups is 1. The molecule has 1 aliphatic rings. The Hall–Kier alpha value is -1.14. The number of halogens is 1. The van der Waals surface area contributed by atoms with Gasteiger partial charge in [-0.05, 0) is 55.4 Å². The fourth-order valence-electron chi connectivity index (χ4n) is 3.45. The van der Waals surface area contributed by atoms with Crippen molar-refractivity contribution in [3.63, 3.8) is 0 Å². The molecule has 3 heterocycles.